The highest BCUT2D eigenvalue weighted by Crippen LogP contribution is 2.22. The van der Waals surface area contributed by atoms with Gasteiger partial charge in [0, 0.05) is 20.1 Å². The Labute approximate surface area is 101 Å². The number of aromatic nitrogens is 2. The third-order valence-electron chi connectivity index (χ3n) is 2.45. The Morgan fingerprint density at radius 3 is 2.69 bits per heavy atom. The molecule has 0 aliphatic carbocycles. The monoisotopic (exact) mass is 246 g/mol. The van der Waals surface area contributed by atoms with Crippen LogP contribution >= 0.6 is 11.6 Å². The van der Waals surface area contributed by atoms with Crippen LogP contribution in [0, 0.1) is 0 Å². The van der Waals surface area contributed by atoms with E-state index < -0.39 is 6.10 Å². The summed E-state index contributed by atoms with van der Waals surface area (Å²) in [5.74, 6) is 0. The van der Waals surface area contributed by atoms with E-state index in [2.05, 4.69) is 5.10 Å². The van der Waals surface area contributed by atoms with E-state index in [1.165, 1.54) is 0 Å². The molecule has 16 heavy (non-hydrogen) atoms. The van der Waals surface area contributed by atoms with Crippen molar-refractivity contribution in [2.75, 3.05) is 13.2 Å². The Morgan fingerprint density at radius 2 is 2.19 bits per heavy atom. The minimum Gasteiger partial charge on any atom is -0.390 e. The largest absolute Gasteiger partial charge is 0.390 e. The first kappa shape index (κ1) is 13.5. The van der Waals surface area contributed by atoms with Crippen molar-refractivity contribution in [3.8, 4) is 0 Å². The summed E-state index contributed by atoms with van der Waals surface area (Å²) in [6, 6.07) is 0. The van der Waals surface area contributed by atoms with E-state index in [0.717, 1.165) is 17.8 Å². The van der Waals surface area contributed by atoms with Gasteiger partial charge in [0.1, 0.15) is 0 Å². The summed E-state index contributed by atoms with van der Waals surface area (Å²) in [6.45, 7) is 4.85. The van der Waals surface area contributed by atoms with Crippen molar-refractivity contribution < 1.29 is 9.84 Å². The average molecular weight is 247 g/mol. The highest BCUT2D eigenvalue weighted by atomic mass is 35.5. The zero-order chi connectivity index (χ0) is 12.1. The van der Waals surface area contributed by atoms with Crippen LogP contribution in [-0.4, -0.2) is 34.2 Å². The molecule has 0 aliphatic rings. The lowest BCUT2D eigenvalue weighted by molar-refractivity contribution is 0.0421. The van der Waals surface area contributed by atoms with Crippen LogP contribution in [0.5, 0.6) is 0 Å². The molecule has 1 N–H and O–H groups in total. The van der Waals surface area contributed by atoms with Gasteiger partial charge in [-0.15, -0.1) is 0 Å². The van der Waals surface area contributed by atoms with Gasteiger partial charge < -0.3 is 9.84 Å². The van der Waals surface area contributed by atoms with Crippen molar-refractivity contribution >= 4 is 11.6 Å². The van der Waals surface area contributed by atoms with E-state index in [9.17, 15) is 5.11 Å². The lowest BCUT2D eigenvalue weighted by atomic mass is 10.2. The molecule has 1 heterocycles. The van der Waals surface area contributed by atoms with Crippen molar-refractivity contribution in [3.63, 3.8) is 0 Å². The SMILES string of the molecule is CCOCC(O)Cc1c(Cl)c(CC)nn1C. The maximum Gasteiger partial charge on any atom is 0.0850 e. The van der Waals surface area contributed by atoms with Gasteiger partial charge in [0.15, 0.2) is 0 Å². The van der Waals surface area contributed by atoms with Gasteiger partial charge in [-0.25, -0.2) is 0 Å². The van der Waals surface area contributed by atoms with Gasteiger partial charge in [0.2, 0.25) is 0 Å². The fraction of sp³-hybridized carbons (Fsp3) is 0.727. The number of rotatable bonds is 6. The van der Waals surface area contributed by atoms with E-state index >= 15 is 0 Å². The van der Waals surface area contributed by atoms with E-state index in [4.69, 9.17) is 16.3 Å². The minimum absolute atomic E-state index is 0.333. The number of hydrogen-bond donors (Lipinski definition) is 1. The van der Waals surface area contributed by atoms with Crippen LogP contribution < -0.4 is 0 Å². The highest BCUT2D eigenvalue weighted by Gasteiger charge is 2.16. The average Bonchev–Trinajstić information content (AvgIpc) is 2.53. The number of aliphatic hydroxyl groups is 1. The highest BCUT2D eigenvalue weighted by molar-refractivity contribution is 6.31. The minimum atomic E-state index is -0.530. The molecule has 1 atom stereocenters. The predicted molar refractivity (Wildman–Crippen MR) is 63.8 cm³/mol. The summed E-state index contributed by atoms with van der Waals surface area (Å²) >= 11 is 6.17. The molecule has 1 rings (SSSR count). The Balaban J connectivity index is 2.69. The van der Waals surface area contributed by atoms with Crippen LogP contribution in [0.15, 0.2) is 0 Å². The number of nitrogens with zero attached hydrogens (tertiary/aromatic N) is 2. The molecule has 0 radical (unpaired) electrons. The van der Waals surface area contributed by atoms with E-state index in [1.807, 2.05) is 20.9 Å². The molecule has 0 aliphatic heterocycles. The quantitative estimate of drug-likeness (QED) is 0.829. The summed E-state index contributed by atoms with van der Waals surface area (Å²) < 4.78 is 6.89. The molecule has 0 fully saturated rings. The Bertz CT molecular complexity index is 339. The molecule has 0 bridgehead atoms. The van der Waals surface area contributed by atoms with Crippen LogP contribution in [0.2, 0.25) is 5.02 Å². The summed E-state index contributed by atoms with van der Waals surface area (Å²) in [5, 5.41) is 14.7. The number of halogens is 1. The van der Waals surface area contributed by atoms with Crippen LogP contribution in [0.3, 0.4) is 0 Å². The maximum absolute atomic E-state index is 9.74. The normalized spacial score (nSPS) is 13.1. The van der Waals surface area contributed by atoms with Crippen LogP contribution in [0.4, 0.5) is 0 Å². The predicted octanol–water partition coefficient (Wildman–Crippen LogP) is 1.58. The number of aryl methyl sites for hydroxylation is 2. The molecule has 1 aromatic heterocycles. The van der Waals surface area contributed by atoms with Crippen LogP contribution in [-0.2, 0) is 24.6 Å². The summed E-state index contributed by atoms with van der Waals surface area (Å²) in [7, 11) is 1.84. The lowest BCUT2D eigenvalue weighted by Gasteiger charge is -2.10. The van der Waals surface area contributed by atoms with Gasteiger partial charge in [-0.05, 0) is 13.3 Å². The Morgan fingerprint density at radius 1 is 1.50 bits per heavy atom. The molecular weight excluding hydrogens is 228 g/mol. The third kappa shape index (κ3) is 3.20. The third-order valence-corrected chi connectivity index (χ3v) is 2.88. The van der Waals surface area contributed by atoms with E-state index in [0.29, 0.717) is 24.7 Å². The zero-order valence-corrected chi connectivity index (χ0v) is 10.8. The second-order valence-corrected chi connectivity index (χ2v) is 4.08. The summed E-state index contributed by atoms with van der Waals surface area (Å²) in [6.07, 6.45) is 0.744. The smallest absolute Gasteiger partial charge is 0.0850 e. The molecule has 0 spiro atoms. The molecule has 1 unspecified atom stereocenters. The second kappa shape index (κ2) is 6.23. The fourth-order valence-electron chi connectivity index (χ4n) is 1.58. The van der Waals surface area contributed by atoms with E-state index in [1.54, 1.807) is 4.68 Å². The first-order valence-corrected chi connectivity index (χ1v) is 5.93. The molecular formula is C11H19ClN2O2. The van der Waals surface area contributed by atoms with Gasteiger partial charge in [-0.2, -0.15) is 5.10 Å². The number of hydrogen-bond acceptors (Lipinski definition) is 3. The number of aliphatic hydroxyl groups excluding tert-OH is 1. The summed E-state index contributed by atoms with van der Waals surface area (Å²) in [5.41, 5.74) is 1.74. The van der Waals surface area contributed by atoms with Gasteiger partial charge in [0.25, 0.3) is 0 Å². The molecule has 4 nitrogen and oxygen atoms in total. The Kier molecular flexibility index (Phi) is 5.25. The lowest BCUT2D eigenvalue weighted by Crippen LogP contribution is -2.19. The topological polar surface area (TPSA) is 47.3 Å². The molecule has 5 heteroatoms. The van der Waals surface area contributed by atoms with Gasteiger partial charge in [-0.3, -0.25) is 4.68 Å². The van der Waals surface area contributed by atoms with Crippen LogP contribution in [0.1, 0.15) is 25.2 Å². The molecule has 92 valence electrons. The first-order valence-electron chi connectivity index (χ1n) is 5.56. The van der Waals surface area contributed by atoms with Gasteiger partial charge >= 0.3 is 0 Å². The first-order chi connectivity index (χ1) is 7.60. The van der Waals surface area contributed by atoms with Crippen molar-refractivity contribution in [2.24, 2.45) is 7.05 Å². The van der Waals surface area contributed by atoms with Gasteiger partial charge in [0.05, 0.1) is 29.1 Å². The maximum atomic E-state index is 9.74. The zero-order valence-electron chi connectivity index (χ0n) is 10.0. The summed E-state index contributed by atoms with van der Waals surface area (Å²) in [4.78, 5) is 0. The molecule has 0 saturated carbocycles. The molecule has 0 saturated heterocycles. The number of ether oxygens (including phenoxy) is 1. The van der Waals surface area contributed by atoms with Crippen molar-refractivity contribution in [3.05, 3.63) is 16.4 Å². The molecule has 1 aromatic rings. The van der Waals surface area contributed by atoms with Crippen molar-refractivity contribution in [2.45, 2.75) is 32.8 Å². The van der Waals surface area contributed by atoms with E-state index in [-0.39, 0.29) is 0 Å². The van der Waals surface area contributed by atoms with Crippen molar-refractivity contribution in [1.29, 1.82) is 0 Å². The van der Waals surface area contributed by atoms with Gasteiger partial charge in [-0.1, -0.05) is 18.5 Å². The fourth-order valence-corrected chi connectivity index (χ4v) is 1.95. The van der Waals surface area contributed by atoms with Crippen LogP contribution in [0.25, 0.3) is 0 Å². The second-order valence-electron chi connectivity index (χ2n) is 3.70. The Hall–Kier alpha value is -0.580. The molecule has 0 aromatic carbocycles. The van der Waals surface area contributed by atoms with Crippen molar-refractivity contribution in [1.82, 2.24) is 9.78 Å². The molecule has 0 amide bonds. The standard InChI is InChI=1S/C11H19ClN2O2/c1-4-9-11(12)10(14(3)13-9)6-8(15)7-16-5-2/h8,15H,4-7H2,1-3H3.